The number of unbranched alkanes of at least 4 members (excludes halogenated alkanes) is 10. The summed E-state index contributed by atoms with van der Waals surface area (Å²) in [6, 6.07) is 3.64. The zero-order chi connectivity index (χ0) is 31.3. The smallest absolute Gasteiger partial charge is 0.269 e. The normalized spacial score (nSPS) is 11.5. The van der Waals surface area contributed by atoms with Crippen molar-refractivity contribution >= 4 is 55.3 Å². The van der Waals surface area contributed by atoms with Crippen LogP contribution in [0.1, 0.15) is 102 Å². The maximum Gasteiger partial charge on any atom is 0.269 e. The van der Waals surface area contributed by atoms with E-state index in [9.17, 15) is 14.8 Å². The molecule has 0 radical (unpaired) electrons. The Labute approximate surface area is 272 Å². The SMILES string of the molecule is CCCCCCCCCCCCCC(=O)NCCCOc1c(Br)cc(CC(=NO)C(=O)NCCc2cnc(N)[nH]2)cc1Br. The number of carbonyl (C=O) groups is 2. The molecular weight excluding hydrogens is 680 g/mol. The number of imidazole rings is 1. The predicted octanol–water partition coefficient (Wildman–Crippen LogP) is 6.83. The first-order valence-corrected chi connectivity index (χ1v) is 17.1. The fraction of sp³-hybridized carbons (Fsp3) is 0.613. The molecule has 6 N–H and O–H groups in total. The average Bonchev–Trinajstić information content (AvgIpc) is 3.40. The number of ether oxygens (including phenoxy) is 1. The second kappa shape index (κ2) is 22.0. The lowest BCUT2D eigenvalue weighted by molar-refractivity contribution is -0.121. The lowest BCUT2D eigenvalue weighted by atomic mass is 10.1. The zero-order valence-corrected chi connectivity index (χ0v) is 28.5. The van der Waals surface area contributed by atoms with E-state index in [0.717, 1.165) is 24.1 Å². The minimum atomic E-state index is -0.465. The van der Waals surface area contributed by atoms with Crippen molar-refractivity contribution in [2.24, 2.45) is 5.16 Å². The number of H-pyrrole nitrogens is 1. The van der Waals surface area contributed by atoms with Crippen LogP contribution in [-0.2, 0) is 22.4 Å². The molecule has 0 aliphatic carbocycles. The lowest BCUT2D eigenvalue weighted by Gasteiger charge is -2.13. The highest BCUT2D eigenvalue weighted by molar-refractivity contribution is 9.11. The van der Waals surface area contributed by atoms with Gasteiger partial charge in [-0.3, -0.25) is 9.59 Å². The van der Waals surface area contributed by atoms with Crippen LogP contribution < -0.4 is 21.1 Å². The van der Waals surface area contributed by atoms with Crippen molar-refractivity contribution in [1.82, 2.24) is 20.6 Å². The number of benzene rings is 1. The number of oxime groups is 1. The van der Waals surface area contributed by atoms with E-state index in [1.165, 1.54) is 57.8 Å². The van der Waals surface area contributed by atoms with E-state index in [4.69, 9.17) is 10.5 Å². The van der Waals surface area contributed by atoms with Gasteiger partial charge in [0.15, 0.2) is 5.95 Å². The van der Waals surface area contributed by atoms with Crippen molar-refractivity contribution < 1.29 is 19.5 Å². The van der Waals surface area contributed by atoms with Crippen LogP contribution in [0.4, 0.5) is 5.95 Å². The van der Waals surface area contributed by atoms with Crippen LogP contribution in [-0.4, -0.2) is 52.4 Å². The third-order valence-electron chi connectivity index (χ3n) is 7.04. The molecule has 43 heavy (non-hydrogen) atoms. The Morgan fingerprint density at radius 2 is 1.58 bits per heavy atom. The number of amides is 2. The monoisotopic (exact) mass is 726 g/mol. The third kappa shape index (κ3) is 15.6. The van der Waals surface area contributed by atoms with E-state index < -0.39 is 5.91 Å². The quantitative estimate of drug-likeness (QED) is 0.0366. The molecule has 0 fully saturated rings. The van der Waals surface area contributed by atoms with Crippen LogP contribution in [0.5, 0.6) is 5.75 Å². The molecule has 0 bridgehead atoms. The van der Waals surface area contributed by atoms with Crippen LogP contribution in [0.3, 0.4) is 0 Å². The van der Waals surface area contributed by atoms with E-state index in [-0.39, 0.29) is 18.0 Å². The molecule has 0 atom stereocenters. The van der Waals surface area contributed by atoms with Gasteiger partial charge >= 0.3 is 0 Å². The van der Waals surface area contributed by atoms with E-state index >= 15 is 0 Å². The number of nitrogens with zero attached hydrogens (tertiary/aromatic N) is 2. The Morgan fingerprint density at radius 3 is 2.16 bits per heavy atom. The highest BCUT2D eigenvalue weighted by Gasteiger charge is 2.16. The summed E-state index contributed by atoms with van der Waals surface area (Å²) >= 11 is 7.06. The number of carbonyl (C=O) groups excluding carboxylic acids is 2. The van der Waals surface area contributed by atoms with Gasteiger partial charge in [-0.25, -0.2) is 4.98 Å². The summed E-state index contributed by atoms with van der Waals surface area (Å²) in [6.45, 7) is 3.57. The number of hydrogen-bond donors (Lipinski definition) is 5. The molecule has 12 heteroatoms. The largest absolute Gasteiger partial charge is 0.491 e. The Balaban J connectivity index is 1.60. The van der Waals surface area contributed by atoms with E-state index in [0.29, 0.717) is 59.6 Å². The minimum absolute atomic E-state index is 0.0134. The van der Waals surface area contributed by atoms with Crippen LogP contribution in [0.15, 0.2) is 32.4 Å². The minimum Gasteiger partial charge on any atom is -0.491 e. The van der Waals surface area contributed by atoms with E-state index in [2.05, 4.69) is 64.5 Å². The Bertz CT molecular complexity index is 1120. The lowest BCUT2D eigenvalue weighted by Crippen LogP contribution is -2.33. The van der Waals surface area contributed by atoms with Gasteiger partial charge in [0, 0.05) is 38.0 Å². The Kier molecular flexibility index (Phi) is 18.7. The second-order valence-corrected chi connectivity index (χ2v) is 12.5. The molecule has 2 rings (SSSR count). The van der Waals surface area contributed by atoms with Crippen LogP contribution in [0.2, 0.25) is 0 Å². The third-order valence-corrected chi connectivity index (χ3v) is 8.22. The molecule has 0 aliphatic rings. The first kappa shape index (κ1) is 36.6. The van der Waals surface area contributed by atoms with E-state index in [1.807, 2.05) is 12.1 Å². The zero-order valence-electron chi connectivity index (χ0n) is 25.4. The molecule has 1 heterocycles. The number of rotatable bonds is 23. The molecule has 0 saturated heterocycles. The van der Waals surface area contributed by atoms with Crippen molar-refractivity contribution in [3.63, 3.8) is 0 Å². The summed E-state index contributed by atoms with van der Waals surface area (Å²) in [7, 11) is 0. The summed E-state index contributed by atoms with van der Waals surface area (Å²) in [5.74, 6) is 0.577. The van der Waals surface area contributed by atoms with Crippen molar-refractivity contribution in [3.8, 4) is 5.75 Å². The molecule has 0 aliphatic heterocycles. The number of anilines is 1. The van der Waals surface area contributed by atoms with Gasteiger partial charge in [-0.15, -0.1) is 0 Å². The van der Waals surface area contributed by atoms with Gasteiger partial charge in [-0.2, -0.15) is 0 Å². The van der Waals surface area contributed by atoms with Crippen molar-refractivity contribution in [2.45, 2.75) is 103 Å². The number of nitrogen functional groups attached to an aromatic ring is 1. The molecular formula is C31H48Br2N6O4. The highest BCUT2D eigenvalue weighted by atomic mass is 79.9. The molecule has 1 aromatic carbocycles. The van der Waals surface area contributed by atoms with Gasteiger partial charge < -0.3 is 31.3 Å². The van der Waals surface area contributed by atoms with Gasteiger partial charge in [0.25, 0.3) is 5.91 Å². The van der Waals surface area contributed by atoms with Crippen molar-refractivity contribution in [2.75, 3.05) is 25.4 Å². The molecule has 0 unspecified atom stereocenters. The highest BCUT2D eigenvalue weighted by Crippen LogP contribution is 2.35. The first-order chi connectivity index (χ1) is 20.8. The summed E-state index contributed by atoms with van der Waals surface area (Å²) in [5.41, 5.74) is 7.09. The average molecular weight is 729 g/mol. The van der Waals surface area contributed by atoms with Gasteiger partial charge in [-0.1, -0.05) is 76.3 Å². The number of aromatic nitrogens is 2. The van der Waals surface area contributed by atoms with Crippen LogP contribution in [0, 0.1) is 0 Å². The van der Waals surface area contributed by atoms with Crippen molar-refractivity contribution in [3.05, 3.63) is 38.5 Å². The maximum atomic E-state index is 12.5. The van der Waals surface area contributed by atoms with Crippen molar-refractivity contribution in [1.29, 1.82) is 0 Å². The number of nitrogens with two attached hydrogens (primary N) is 1. The molecule has 0 saturated carbocycles. The Hall–Kier alpha value is -2.60. The molecule has 2 amide bonds. The summed E-state index contributed by atoms with van der Waals surface area (Å²) in [4.78, 5) is 31.4. The number of nitrogens with one attached hydrogen (secondary N) is 3. The molecule has 1 aromatic heterocycles. The molecule has 0 spiro atoms. The predicted molar refractivity (Wildman–Crippen MR) is 179 cm³/mol. The first-order valence-electron chi connectivity index (χ1n) is 15.5. The van der Waals surface area contributed by atoms with Gasteiger partial charge in [-0.05, 0) is 62.4 Å². The summed E-state index contributed by atoms with van der Waals surface area (Å²) < 4.78 is 7.33. The molecule has 10 nitrogen and oxygen atoms in total. The van der Waals surface area contributed by atoms with Crippen LogP contribution >= 0.6 is 31.9 Å². The van der Waals surface area contributed by atoms with Gasteiger partial charge in [0.1, 0.15) is 11.5 Å². The maximum absolute atomic E-state index is 12.5. The Morgan fingerprint density at radius 1 is 0.953 bits per heavy atom. The fourth-order valence-corrected chi connectivity index (χ4v) is 6.15. The van der Waals surface area contributed by atoms with Gasteiger partial charge in [0.05, 0.1) is 21.7 Å². The molecule has 240 valence electrons. The topological polar surface area (TPSA) is 155 Å². The van der Waals surface area contributed by atoms with Gasteiger partial charge in [0.2, 0.25) is 5.91 Å². The number of halogens is 2. The standard InChI is InChI=1S/C31H48Br2N6O4/c1-2-3-4-5-6-7-8-9-10-11-12-14-28(40)35-16-13-18-43-29-25(32)19-23(20-26(29)33)21-27(39-42)30(41)36-17-15-24-22-37-31(34)38-24/h19-20,22,42H,2-18,21H2,1H3,(H,35,40)(H,36,41)(H3,34,37,38). The van der Waals surface area contributed by atoms with Crippen LogP contribution in [0.25, 0.3) is 0 Å². The second-order valence-electron chi connectivity index (χ2n) is 10.7. The summed E-state index contributed by atoms with van der Waals surface area (Å²) in [6.07, 6.45) is 17.5. The number of aromatic amines is 1. The summed E-state index contributed by atoms with van der Waals surface area (Å²) in [5, 5.41) is 18.3. The van der Waals surface area contributed by atoms with E-state index in [1.54, 1.807) is 6.20 Å². The molecule has 2 aromatic rings. The number of hydrogen-bond acceptors (Lipinski definition) is 7. The fourth-order valence-electron chi connectivity index (χ4n) is 4.64.